The molecule has 140 valence electrons. The first-order chi connectivity index (χ1) is 13.5. The van der Waals surface area contributed by atoms with Gasteiger partial charge in [-0.25, -0.2) is 4.98 Å². The van der Waals surface area contributed by atoms with Gasteiger partial charge in [0.25, 0.3) is 11.8 Å². The van der Waals surface area contributed by atoms with E-state index in [0.717, 1.165) is 16.5 Å². The van der Waals surface area contributed by atoms with Gasteiger partial charge in [-0.15, -0.1) is 11.3 Å². The van der Waals surface area contributed by atoms with E-state index in [0.29, 0.717) is 26.2 Å². The zero-order valence-electron chi connectivity index (χ0n) is 14.7. The summed E-state index contributed by atoms with van der Waals surface area (Å²) >= 11 is 7.27. The van der Waals surface area contributed by atoms with Crippen LogP contribution in [-0.4, -0.2) is 21.8 Å². The minimum absolute atomic E-state index is 0.400. The molecular formula is C20H15ClN4O2S. The fraction of sp³-hybridized carbons (Fsp3) is 0.0500. The first-order valence-electron chi connectivity index (χ1n) is 8.43. The molecule has 0 bridgehead atoms. The average Bonchev–Trinajstić information content (AvgIpc) is 3.29. The smallest absolute Gasteiger partial charge is 0.281 e. The van der Waals surface area contributed by atoms with E-state index < -0.39 is 11.8 Å². The second-order valence-corrected chi connectivity index (χ2v) is 7.54. The highest BCUT2D eigenvalue weighted by molar-refractivity contribution is 7.17. The number of carbonyl (C=O) groups is 2. The third-order valence-corrected chi connectivity index (χ3v) is 5.64. The number of aromatic nitrogens is 2. The summed E-state index contributed by atoms with van der Waals surface area (Å²) in [6, 6.07) is 14.7. The molecule has 0 saturated heterocycles. The second-order valence-electron chi connectivity index (χ2n) is 6.10. The Morgan fingerprint density at radius 1 is 1.07 bits per heavy atom. The Labute approximate surface area is 169 Å². The molecule has 28 heavy (non-hydrogen) atoms. The van der Waals surface area contributed by atoms with Gasteiger partial charge < -0.3 is 4.98 Å². The highest BCUT2D eigenvalue weighted by Gasteiger charge is 2.18. The molecule has 3 N–H and O–H groups in total. The number of amides is 2. The Morgan fingerprint density at radius 2 is 1.86 bits per heavy atom. The van der Waals surface area contributed by atoms with Crippen LogP contribution in [0.1, 0.15) is 25.7 Å². The number of H-pyrrole nitrogens is 1. The highest BCUT2D eigenvalue weighted by atomic mass is 35.5. The number of carbonyl (C=O) groups excluding carboxylic acids is 2. The Bertz CT molecular complexity index is 1200. The van der Waals surface area contributed by atoms with Gasteiger partial charge in [-0.2, -0.15) is 0 Å². The fourth-order valence-corrected chi connectivity index (χ4v) is 4.00. The maximum absolute atomic E-state index is 12.5. The Hall–Kier alpha value is -3.16. The molecule has 0 fully saturated rings. The first kappa shape index (κ1) is 18.2. The maximum atomic E-state index is 12.5. The predicted molar refractivity (Wildman–Crippen MR) is 111 cm³/mol. The number of nitrogens with one attached hydrogen (secondary N) is 3. The number of hydrogen-bond donors (Lipinski definition) is 3. The molecule has 2 aromatic heterocycles. The molecule has 0 atom stereocenters. The van der Waals surface area contributed by atoms with Crippen molar-refractivity contribution in [2.24, 2.45) is 0 Å². The van der Waals surface area contributed by atoms with E-state index in [9.17, 15) is 9.59 Å². The van der Waals surface area contributed by atoms with Gasteiger partial charge >= 0.3 is 0 Å². The monoisotopic (exact) mass is 410 g/mol. The van der Waals surface area contributed by atoms with Crippen LogP contribution in [0.2, 0.25) is 5.02 Å². The van der Waals surface area contributed by atoms with Crippen molar-refractivity contribution in [1.82, 2.24) is 20.8 Å². The Kier molecular flexibility index (Phi) is 4.85. The van der Waals surface area contributed by atoms with E-state index in [1.54, 1.807) is 25.3 Å². The van der Waals surface area contributed by atoms with E-state index in [-0.39, 0.29) is 0 Å². The summed E-state index contributed by atoms with van der Waals surface area (Å²) in [5, 5.41) is 2.07. The van der Waals surface area contributed by atoms with Crippen molar-refractivity contribution in [2.75, 3.05) is 0 Å². The highest BCUT2D eigenvalue weighted by Crippen LogP contribution is 2.29. The summed E-state index contributed by atoms with van der Waals surface area (Å²) in [4.78, 5) is 32.9. The van der Waals surface area contributed by atoms with Crippen LogP contribution in [0.15, 0.2) is 54.7 Å². The van der Waals surface area contributed by atoms with Gasteiger partial charge in [0.15, 0.2) is 0 Å². The van der Waals surface area contributed by atoms with Crippen LogP contribution in [-0.2, 0) is 0 Å². The van der Waals surface area contributed by atoms with Gasteiger partial charge in [-0.1, -0.05) is 41.9 Å². The lowest BCUT2D eigenvalue weighted by molar-refractivity contribution is 0.0849. The number of aromatic amines is 1. The number of rotatable bonds is 3. The first-order valence-corrected chi connectivity index (χ1v) is 9.62. The third kappa shape index (κ3) is 3.49. The summed E-state index contributed by atoms with van der Waals surface area (Å²) in [7, 11) is 0. The lowest BCUT2D eigenvalue weighted by Gasteiger charge is -2.05. The number of fused-ring (bicyclic) bond motifs is 1. The zero-order chi connectivity index (χ0) is 19.7. The molecular weight excluding hydrogens is 396 g/mol. The van der Waals surface area contributed by atoms with E-state index in [1.807, 2.05) is 36.4 Å². The lowest BCUT2D eigenvalue weighted by Crippen LogP contribution is -2.41. The molecule has 0 radical (unpaired) electrons. The van der Waals surface area contributed by atoms with Gasteiger partial charge in [-0.3, -0.25) is 20.4 Å². The van der Waals surface area contributed by atoms with Crippen LogP contribution in [0.5, 0.6) is 0 Å². The number of hydrogen-bond acceptors (Lipinski definition) is 4. The normalized spacial score (nSPS) is 10.8. The van der Waals surface area contributed by atoms with Gasteiger partial charge in [0.2, 0.25) is 0 Å². The Morgan fingerprint density at radius 3 is 2.68 bits per heavy atom. The fourth-order valence-electron chi connectivity index (χ4n) is 2.85. The molecule has 0 aliphatic heterocycles. The minimum atomic E-state index is -0.420. The summed E-state index contributed by atoms with van der Waals surface area (Å²) in [5.74, 6) is -0.820. The number of aryl methyl sites for hydroxylation is 1. The molecule has 4 rings (SSSR count). The summed E-state index contributed by atoms with van der Waals surface area (Å²) < 4.78 is 0. The Balaban J connectivity index is 1.49. The van der Waals surface area contributed by atoms with Gasteiger partial charge in [-0.05, 0) is 25.1 Å². The predicted octanol–water partition coefficient (Wildman–Crippen LogP) is 4.33. The molecule has 0 saturated carbocycles. The molecule has 2 amide bonds. The number of nitrogens with zero attached hydrogens (tertiary/aromatic N) is 1. The largest absolute Gasteiger partial charge is 0.360 e. The molecule has 2 heterocycles. The van der Waals surface area contributed by atoms with Crippen molar-refractivity contribution in [1.29, 1.82) is 0 Å². The number of hydrazine groups is 1. The molecule has 6 nitrogen and oxygen atoms in total. The maximum Gasteiger partial charge on any atom is 0.281 e. The van der Waals surface area contributed by atoms with Crippen LogP contribution >= 0.6 is 22.9 Å². The SMILES string of the molecule is Cc1nc(-c2cccc(Cl)c2)sc1C(=O)NNC(=O)c1c[nH]c2ccccc12. The topological polar surface area (TPSA) is 86.9 Å². The van der Waals surface area contributed by atoms with Crippen LogP contribution in [0, 0.1) is 6.92 Å². The van der Waals surface area contributed by atoms with Crippen molar-refractivity contribution < 1.29 is 9.59 Å². The standard InChI is InChI=1S/C20H15ClN4O2S/c1-11-17(28-20(23-11)12-5-4-6-13(21)9-12)19(27)25-24-18(26)15-10-22-16-8-3-2-7-14(15)16/h2-10,22H,1H3,(H,24,26)(H,25,27). The molecule has 2 aromatic carbocycles. The molecule has 0 aliphatic rings. The molecule has 8 heteroatoms. The van der Waals surface area contributed by atoms with Gasteiger partial charge in [0, 0.05) is 27.7 Å². The lowest BCUT2D eigenvalue weighted by atomic mass is 10.2. The van der Waals surface area contributed by atoms with E-state index >= 15 is 0 Å². The number of benzene rings is 2. The zero-order valence-corrected chi connectivity index (χ0v) is 16.3. The average molecular weight is 411 g/mol. The van der Waals surface area contributed by atoms with Gasteiger partial charge in [0.1, 0.15) is 9.88 Å². The van der Waals surface area contributed by atoms with Crippen LogP contribution < -0.4 is 10.9 Å². The van der Waals surface area contributed by atoms with E-state index in [1.165, 1.54) is 11.3 Å². The summed E-state index contributed by atoms with van der Waals surface area (Å²) in [5.41, 5.74) is 7.64. The van der Waals surface area contributed by atoms with Crippen molar-refractivity contribution in [2.45, 2.75) is 6.92 Å². The van der Waals surface area contributed by atoms with E-state index in [4.69, 9.17) is 11.6 Å². The van der Waals surface area contributed by atoms with E-state index in [2.05, 4.69) is 20.8 Å². The number of thiazole rings is 1. The molecule has 0 aliphatic carbocycles. The minimum Gasteiger partial charge on any atom is -0.360 e. The van der Waals surface area contributed by atoms with Crippen LogP contribution in [0.25, 0.3) is 21.5 Å². The van der Waals surface area contributed by atoms with Crippen LogP contribution in [0.4, 0.5) is 0 Å². The van der Waals surface area contributed by atoms with Gasteiger partial charge in [0.05, 0.1) is 11.3 Å². The summed E-state index contributed by atoms with van der Waals surface area (Å²) in [6.07, 6.45) is 1.61. The number of halogens is 1. The summed E-state index contributed by atoms with van der Waals surface area (Å²) in [6.45, 7) is 1.75. The van der Waals surface area contributed by atoms with Crippen molar-refractivity contribution in [3.05, 3.63) is 75.9 Å². The molecule has 0 spiro atoms. The second kappa shape index (κ2) is 7.46. The van der Waals surface area contributed by atoms with Crippen LogP contribution in [0.3, 0.4) is 0 Å². The quantitative estimate of drug-likeness (QED) is 0.439. The van der Waals surface area contributed by atoms with Crippen molar-refractivity contribution >= 4 is 45.7 Å². The number of para-hydroxylation sites is 1. The van der Waals surface area contributed by atoms with Crippen molar-refractivity contribution in [3.8, 4) is 10.6 Å². The van der Waals surface area contributed by atoms with Crippen molar-refractivity contribution in [3.63, 3.8) is 0 Å². The molecule has 0 unspecified atom stereocenters. The molecule has 4 aromatic rings. The third-order valence-electron chi connectivity index (χ3n) is 4.20.